The molecule has 2 aromatic carbocycles. The lowest BCUT2D eigenvalue weighted by Crippen LogP contribution is -2.14. The number of rotatable bonds is 8. The highest BCUT2D eigenvalue weighted by atomic mass is 35.5. The smallest absolute Gasteiger partial charge is 0.119 e. The van der Waals surface area contributed by atoms with Crippen LogP contribution in [0.5, 0.6) is 5.75 Å². The van der Waals surface area contributed by atoms with Crippen LogP contribution in [0.3, 0.4) is 0 Å². The van der Waals surface area contributed by atoms with E-state index in [2.05, 4.69) is 24.4 Å². The number of ether oxygens (including phenoxy) is 1. The molecule has 2 aromatic rings. The van der Waals surface area contributed by atoms with Crippen LogP contribution in [0.15, 0.2) is 42.5 Å². The standard InChI is InChI=1S/C18H21Cl2NO/c1-2-3-10-21-12-14-4-7-16(8-5-14)22-13-15-6-9-17(19)18(20)11-15/h4-9,11,21H,2-3,10,12-13H2,1H3. The molecule has 0 radical (unpaired) electrons. The Labute approximate surface area is 142 Å². The number of halogens is 2. The second kappa shape index (κ2) is 9.04. The predicted octanol–water partition coefficient (Wildman–Crippen LogP) is 5.46. The van der Waals surface area contributed by atoms with Crippen LogP contribution < -0.4 is 10.1 Å². The van der Waals surface area contributed by atoms with Gasteiger partial charge >= 0.3 is 0 Å². The van der Waals surface area contributed by atoms with Gasteiger partial charge in [-0.3, -0.25) is 0 Å². The maximum Gasteiger partial charge on any atom is 0.119 e. The number of hydrogen-bond acceptors (Lipinski definition) is 2. The van der Waals surface area contributed by atoms with Gasteiger partial charge in [0.2, 0.25) is 0 Å². The van der Waals surface area contributed by atoms with Gasteiger partial charge in [-0.25, -0.2) is 0 Å². The molecule has 0 heterocycles. The predicted molar refractivity (Wildman–Crippen MR) is 93.9 cm³/mol. The van der Waals surface area contributed by atoms with Crippen molar-refractivity contribution < 1.29 is 4.74 Å². The number of nitrogens with one attached hydrogen (secondary N) is 1. The summed E-state index contributed by atoms with van der Waals surface area (Å²) >= 11 is 11.9. The van der Waals surface area contributed by atoms with E-state index in [1.807, 2.05) is 24.3 Å². The van der Waals surface area contributed by atoms with Gasteiger partial charge < -0.3 is 10.1 Å². The quantitative estimate of drug-likeness (QED) is 0.645. The monoisotopic (exact) mass is 337 g/mol. The van der Waals surface area contributed by atoms with Crippen molar-refractivity contribution in [2.45, 2.75) is 32.9 Å². The minimum atomic E-state index is 0.477. The molecular formula is C18H21Cl2NO. The number of hydrogen-bond donors (Lipinski definition) is 1. The summed E-state index contributed by atoms with van der Waals surface area (Å²) in [4.78, 5) is 0. The lowest BCUT2D eigenvalue weighted by molar-refractivity contribution is 0.306. The third-order valence-electron chi connectivity index (χ3n) is 3.35. The van der Waals surface area contributed by atoms with Crippen molar-refractivity contribution in [3.05, 3.63) is 63.6 Å². The molecule has 0 fully saturated rings. The van der Waals surface area contributed by atoms with Crippen molar-refractivity contribution in [2.75, 3.05) is 6.54 Å². The van der Waals surface area contributed by atoms with Gasteiger partial charge in [0.15, 0.2) is 0 Å². The van der Waals surface area contributed by atoms with Crippen LogP contribution in [0.2, 0.25) is 10.0 Å². The molecule has 0 aliphatic carbocycles. The van der Waals surface area contributed by atoms with E-state index in [0.29, 0.717) is 16.7 Å². The van der Waals surface area contributed by atoms with Crippen molar-refractivity contribution in [3.63, 3.8) is 0 Å². The van der Waals surface area contributed by atoms with Crippen LogP contribution in [-0.4, -0.2) is 6.54 Å². The zero-order chi connectivity index (χ0) is 15.8. The van der Waals surface area contributed by atoms with E-state index in [9.17, 15) is 0 Å². The Morgan fingerprint density at radius 1 is 0.955 bits per heavy atom. The SMILES string of the molecule is CCCCNCc1ccc(OCc2ccc(Cl)c(Cl)c2)cc1. The molecule has 4 heteroatoms. The van der Waals surface area contributed by atoms with E-state index in [1.165, 1.54) is 18.4 Å². The minimum absolute atomic E-state index is 0.477. The summed E-state index contributed by atoms with van der Waals surface area (Å²) in [6.45, 7) is 4.63. The lowest BCUT2D eigenvalue weighted by atomic mass is 10.2. The van der Waals surface area contributed by atoms with Gasteiger partial charge in [0.05, 0.1) is 10.0 Å². The Bertz CT molecular complexity index is 584. The van der Waals surface area contributed by atoms with Crippen molar-refractivity contribution in [1.29, 1.82) is 0 Å². The molecule has 0 amide bonds. The topological polar surface area (TPSA) is 21.3 Å². The number of benzene rings is 2. The highest BCUT2D eigenvalue weighted by molar-refractivity contribution is 6.42. The maximum absolute atomic E-state index is 5.99. The van der Waals surface area contributed by atoms with Gasteiger partial charge in [-0.2, -0.15) is 0 Å². The fraction of sp³-hybridized carbons (Fsp3) is 0.333. The summed E-state index contributed by atoms with van der Waals surface area (Å²) in [5.41, 5.74) is 2.26. The van der Waals surface area contributed by atoms with Gasteiger partial charge in [-0.05, 0) is 48.4 Å². The average molecular weight is 338 g/mol. The highest BCUT2D eigenvalue weighted by Crippen LogP contribution is 2.23. The Hall–Kier alpha value is -1.22. The van der Waals surface area contributed by atoms with Crippen LogP contribution in [0.25, 0.3) is 0 Å². The summed E-state index contributed by atoms with van der Waals surface area (Å²) in [7, 11) is 0. The lowest BCUT2D eigenvalue weighted by Gasteiger charge is -2.09. The molecule has 2 rings (SSSR count). The van der Waals surface area contributed by atoms with Crippen molar-refractivity contribution in [1.82, 2.24) is 5.32 Å². The van der Waals surface area contributed by atoms with Crippen molar-refractivity contribution in [2.24, 2.45) is 0 Å². The summed E-state index contributed by atoms with van der Waals surface area (Å²) in [5, 5.41) is 4.54. The van der Waals surface area contributed by atoms with Crippen LogP contribution in [-0.2, 0) is 13.2 Å². The molecule has 22 heavy (non-hydrogen) atoms. The molecule has 0 aromatic heterocycles. The van der Waals surface area contributed by atoms with Gasteiger partial charge in [0, 0.05) is 6.54 Å². The Morgan fingerprint density at radius 3 is 2.36 bits per heavy atom. The average Bonchev–Trinajstić information content (AvgIpc) is 2.54. The third-order valence-corrected chi connectivity index (χ3v) is 4.09. The van der Waals surface area contributed by atoms with E-state index in [4.69, 9.17) is 27.9 Å². The first-order chi connectivity index (χ1) is 10.7. The first-order valence-electron chi connectivity index (χ1n) is 7.55. The largest absolute Gasteiger partial charge is 0.489 e. The molecule has 0 bridgehead atoms. The molecule has 2 nitrogen and oxygen atoms in total. The molecule has 1 N–H and O–H groups in total. The fourth-order valence-corrected chi connectivity index (χ4v) is 2.35. The molecule has 0 unspecified atom stereocenters. The molecular weight excluding hydrogens is 317 g/mol. The summed E-state index contributed by atoms with van der Waals surface area (Å²) in [6.07, 6.45) is 2.43. The fourth-order valence-electron chi connectivity index (χ4n) is 2.03. The second-order valence-electron chi connectivity index (χ2n) is 5.21. The molecule has 0 aliphatic heterocycles. The molecule has 0 atom stereocenters. The van der Waals surface area contributed by atoms with Crippen LogP contribution in [0.1, 0.15) is 30.9 Å². The molecule has 118 valence electrons. The van der Waals surface area contributed by atoms with Crippen molar-refractivity contribution in [3.8, 4) is 5.75 Å². The third kappa shape index (κ3) is 5.53. The summed E-state index contributed by atoms with van der Waals surface area (Å²) in [6, 6.07) is 13.7. The summed E-state index contributed by atoms with van der Waals surface area (Å²) < 4.78 is 5.76. The van der Waals surface area contributed by atoms with Gasteiger partial charge in [-0.15, -0.1) is 0 Å². The minimum Gasteiger partial charge on any atom is -0.489 e. The van der Waals surface area contributed by atoms with Crippen LogP contribution in [0.4, 0.5) is 0 Å². The van der Waals surface area contributed by atoms with Gasteiger partial charge in [-0.1, -0.05) is 54.7 Å². The van der Waals surface area contributed by atoms with E-state index < -0.39 is 0 Å². The number of unbranched alkanes of at least 4 members (excludes halogenated alkanes) is 1. The normalized spacial score (nSPS) is 10.7. The van der Waals surface area contributed by atoms with E-state index in [1.54, 1.807) is 6.07 Å². The van der Waals surface area contributed by atoms with E-state index >= 15 is 0 Å². The zero-order valence-electron chi connectivity index (χ0n) is 12.7. The molecule has 0 aliphatic rings. The Kier molecular flexibility index (Phi) is 7.04. The Balaban J connectivity index is 1.82. The maximum atomic E-state index is 5.99. The first-order valence-corrected chi connectivity index (χ1v) is 8.31. The van der Waals surface area contributed by atoms with Gasteiger partial charge in [0.25, 0.3) is 0 Å². The first kappa shape index (κ1) is 17.1. The van der Waals surface area contributed by atoms with E-state index in [-0.39, 0.29) is 0 Å². The molecule has 0 spiro atoms. The molecule has 0 saturated heterocycles. The van der Waals surface area contributed by atoms with Gasteiger partial charge in [0.1, 0.15) is 12.4 Å². The van der Waals surface area contributed by atoms with E-state index in [0.717, 1.165) is 24.4 Å². The highest BCUT2D eigenvalue weighted by Gasteiger charge is 2.01. The van der Waals surface area contributed by atoms with Crippen LogP contribution >= 0.6 is 23.2 Å². The van der Waals surface area contributed by atoms with Crippen LogP contribution in [0, 0.1) is 0 Å². The Morgan fingerprint density at radius 2 is 1.68 bits per heavy atom. The molecule has 0 saturated carbocycles. The zero-order valence-corrected chi connectivity index (χ0v) is 14.3. The second-order valence-corrected chi connectivity index (χ2v) is 6.03. The summed E-state index contributed by atoms with van der Waals surface area (Å²) in [5.74, 6) is 0.850. The van der Waals surface area contributed by atoms with Crippen molar-refractivity contribution >= 4 is 23.2 Å².